The Bertz CT molecular complexity index is 456. The largest absolute Gasteiger partial charge is 0.393 e. The third kappa shape index (κ3) is 3.71. The Morgan fingerprint density at radius 2 is 2.10 bits per heavy atom. The topological polar surface area (TPSA) is 64.6 Å². The predicted octanol–water partition coefficient (Wildman–Crippen LogP) is 1.96. The van der Waals surface area contributed by atoms with E-state index in [9.17, 15) is 9.90 Å². The van der Waals surface area contributed by atoms with Crippen LogP contribution in [0.3, 0.4) is 0 Å². The smallest absolute Gasteiger partial charge is 0.321 e. The predicted molar refractivity (Wildman–Crippen MR) is 79.7 cm³/mol. The molecule has 2 rings (SSSR count). The highest BCUT2D eigenvalue weighted by molar-refractivity contribution is 5.89. The van der Waals surface area contributed by atoms with Gasteiger partial charge in [-0.25, -0.2) is 4.79 Å². The van der Waals surface area contributed by atoms with Crippen LogP contribution in [0.2, 0.25) is 0 Å². The van der Waals surface area contributed by atoms with E-state index >= 15 is 0 Å². The fraction of sp³-hybridized carbons (Fsp3) is 0.533. The fourth-order valence-electron chi connectivity index (χ4n) is 2.32. The molecule has 1 unspecified atom stereocenters. The molecule has 1 aromatic rings. The molecule has 3 N–H and O–H groups in total. The maximum atomic E-state index is 12.1. The zero-order chi connectivity index (χ0) is 14.5. The van der Waals surface area contributed by atoms with Crippen LogP contribution in [0.5, 0.6) is 0 Å². The minimum absolute atomic E-state index is 0.0915. The normalized spacial score (nSPS) is 17.9. The number of piperidine rings is 1. The van der Waals surface area contributed by atoms with Gasteiger partial charge in [-0.05, 0) is 44.5 Å². The minimum Gasteiger partial charge on any atom is -0.393 e. The van der Waals surface area contributed by atoms with E-state index in [0.717, 1.165) is 11.3 Å². The SMILES string of the molecule is CNC(C)c1cccc(NC(=O)N2CCC(O)CC2)c1. The molecule has 0 aliphatic carbocycles. The number of rotatable bonds is 3. The highest BCUT2D eigenvalue weighted by Gasteiger charge is 2.21. The first-order valence-electron chi connectivity index (χ1n) is 7.11. The van der Waals surface area contributed by atoms with Crippen molar-refractivity contribution in [2.75, 3.05) is 25.5 Å². The van der Waals surface area contributed by atoms with Crippen molar-refractivity contribution in [3.8, 4) is 0 Å². The first-order valence-corrected chi connectivity index (χ1v) is 7.11. The molecule has 5 heteroatoms. The summed E-state index contributed by atoms with van der Waals surface area (Å²) in [6.07, 6.45) is 1.05. The molecule has 1 saturated heterocycles. The summed E-state index contributed by atoms with van der Waals surface area (Å²) in [6, 6.07) is 8.01. The molecule has 0 aromatic heterocycles. The molecule has 1 atom stereocenters. The number of urea groups is 1. The monoisotopic (exact) mass is 277 g/mol. The number of nitrogens with one attached hydrogen (secondary N) is 2. The Labute approximate surface area is 120 Å². The maximum absolute atomic E-state index is 12.1. The van der Waals surface area contributed by atoms with Crippen LogP contribution in [0.25, 0.3) is 0 Å². The van der Waals surface area contributed by atoms with E-state index in [0.29, 0.717) is 25.9 Å². The zero-order valence-electron chi connectivity index (χ0n) is 12.1. The van der Waals surface area contributed by atoms with Gasteiger partial charge in [0, 0.05) is 24.8 Å². The van der Waals surface area contributed by atoms with Gasteiger partial charge < -0.3 is 20.6 Å². The van der Waals surface area contributed by atoms with E-state index in [4.69, 9.17) is 0 Å². The molecule has 2 amide bonds. The van der Waals surface area contributed by atoms with Crippen LogP contribution >= 0.6 is 0 Å². The molecule has 0 bridgehead atoms. The molecule has 1 heterocycles. The van der Waals surface area contributed by atoms with Crippen molar-refractivity contribution in [1.29, 1.82) is 0 Å². The van der Waals surface area contributed by atoms with Crippen LogP contribution in [0.1, 0.15) is 31.4 Å². The van der Waals surface area contributed by atoms with Gasteiger partial charge in [-0.3, -0.25) is 0 Å². The van der Waals surface area contributed by atoms with Crippen molar-refractivity contribution in [3.05, 3.63) is 29.8 Å². The van der Waals surface area contributed by atoms with Crippen molar-refractivity contribution < 1.29 is 9.90 Å². The van der Waals surface area contributed by atoms with E-state index in [1.165, 1.54) is 0 Å². The first kappa shape index (κ1) is 14.8. The summed E-state index contributed by atoms with van der Waals surface area (Å²) in [5, 5.41) is 15.6. The number of aliphatic hydroxyl groups excluding tert-OH is 1. The lowest BCUT2D eigenvalue weighted by atomic mass is 10.1. The number of hydrogen-bond donors (Lipinski definition) is 3. The number of aliphatic hydroxyl groups is 1. The van der Waals surface area contributed by atoms with E-state index < -0.39 is 0 Å². The van der Waals surface area contributed by atoms with E-state index in [-0.39, 0.29) is 18.2 Å². The van der Waals surface area contributed by atoms with Crippen LogP contribution in [0.4, 0.5) is 10.5 Å². The van der Waals surface area contributed by atoms with Crippen LogP contribution in [-0.4, -0.2) is 42.3 Å². The van der Waals surface area contributed by atoms with Crippen LogP contribution in [0, 0.1) is 0 Å². The van der Waals surface area contributed by atoms with Gasteiger partial charge in [0.25, 0.3) is 0 Å². The molecule has 110 valence electrons. The van der Waals surface area contributed by atoms with Gasteiger partial charge in [0.15, 0.2) is 0 Å². The van der Waals surface area contributed by atoms with Crippen LogP contribution < -0.4 is 10.6 Å². The van der Waals surface area contributed by atoms with Crippen LogP contribution in [-0.2, 0) is 0 Å². The van der Waals surface area contributed by atoms with E-state index in [2.05, 4.69) is 17.6 Å². The summed E-state index contributed by atoms with van der Waals surface area (Å²) in [7, 11) is 1.91. The third-order valence-electron chi connectivity index (χ3n) is 3.82. The van der Waals surface area contributed by atoms with Gasteiger partial charge in [-0.15, -0.1) is 0 Å². The molecule has 1 aromatic carbocycles. The Kier molecular flexibility index (Phi) is 4.98. The van der Waals surface area contributed by atoms with Gasteiger partial charge in [0.2, 0.25) is 0 Å². The molecule has 5 nitrogen and oxygen atoms in total. The minimum atomic E-state index is -0.265. The van der Waals surface area contributed by atoms with Gasteiger partial charge in [0.1, 0.15) is 0 Å². The highest BCUT2D eigenvalue weighted by Crippen LogP contribution is 2.18. The Morgan fingerprint density at radius 1 is 1.40 bits per heavy atom. The Morgan fingerprint density at radius 3 is 2.75 bits per heavy atom. The van der Waals surface area contributed by atoms with E-state index in [1.54, 1.807) is 4.90 Å². The number of benzene rings is 1. The molecular weight excluding hydrogens is 254 g/mol. The second-order valence-corrected chi connectivity index (χ2v) is 5.28. The summed E-state index contributed by atoms with van der Waals surface area (Å²) in [4.78, 5) is 13.9. The number of likely N-dealkylation sites (tertiary alicyclic amines) is 1. The Balaban J connectivity index is 1.97. The van der Waals surface area contributed by atoms with Gasteiger partial charge in [-0.2, -0.15) is 0 Å². The molecule has 0 spiro atoms. The Hall–Kier alpha value is -1.59. The number of anilines is 1. The van der Waals surface area contributed by atoms with Crippen molar-refractivity contribution in [2.45, 2.75) is 31.9 Å². The quantitative estimate of drug-likeness (QED) is 0.791. The lowest BCUT2D eigenvalue weighted by Gasteiger charge is -2.29. The molecule has 0 saturated carbocycles. The average molecular weight is 277 g/mol. The lowest BCUT2D eigenvalue weighted by molar-refractivity contribution is 0.0972. The summed E-state index contributed by atoms with van der Waals surface area (Å²) in [6.45, 7) is 3.30. The molecule has 1 fully saturated rings. The summed E-state index contributed by atoms with van der Waals surface area (Å²) >= 11 is 0. The molecular formula is C15H23N3O2. The number of hydrogen-bond acceptors (Lipinski definition) is 3. The zero-order valence-corrected chi connectivity index (χ0v) is 12.1. The van der Waals surface area contributed by atoms with Gasteiger partial charge in [0.05, 0.1) is 6.10 Å². The molecule has 20 heavy (non-hydrogen) atoms. The summed E-state index contributed by atoms with van der Waals surface area (Å²) in [5.41, 5.74) is 1.94. The summed E-state index contributed by atoms with van der Waals surface area (Å²) in [5.74, 6) is 0. The second-order valence-electron chi connectivity index (χ2n) is 5.28. The van der Waals surface area contributed by atoms with Gasteiger partial charge >= 0.3 is 6.03 Å². The van der Waals surface area contributed by atoms with Gasteiger partial charge in [-0.1, -0.05) is 12.1 Å². The second kappa shape index (κ2) is 6.72. The third-order valence-corrected chi connectivity index (χ3v) is 3.82. The number of carbonyl (C=O) groups excluding carboxylic acids is 1. The van der Waals surface area contributed by atoms with Crippen molar-refractivity contribution in [1.82, 2.24) is 10.2 Å². The number of carbonyl (C=O) groups is 1. The fourth-order valence-corrected chi connectivity index (χ4v) is 2.32. The van der Waals surface area contributed by atoms with Crippen LogP contribution in [0.15, 0.2) is 24.3 Å². The maximum Gasteiger partial charge on any atom is 0.321 e. The first-order chi connectivity index (χ1) is 9.60. The standard InChI is InChI=1S/C15H23N3O2/c1-11(16-2)12-4-3-5-13(10-12)17-15(20)18-8-6-14(19)7-9-18/h3-5,10-11,14,16,19H,6-9H2,1-2H3,(H,17,20). The lowest BCUT2D eigenvalue weighted by Crippen LogP contribution is -2.42. The van der Waals surface area contributed by atoms with Crippen molar-refractivity contribution in [3.63, 3.8) is 0 Å². The van der Waals surface area contributed by atoms with E-state index in [1.807, 2.05) is 31.3 Å². The summed E-state index contributed by atoms with van der Waals surface area (Å²) < 4.78 is 0. The number of nitrogens with zero attached hydrogens (tertiary/aromatic N) is 1. The number of amides is 2. The van der Waals surface area contributed by atoms with Crippen molar-refractivity contribution in [2.24, 2.45) is 0 Å². The average Bonchev–Trinajstić information content (AvgIpc) is 2.47. The van der Waals surface area contributed by atoms with Crippen molar-refractivity contribution >= 4 is 11.7 Å². The molecule has 0 radical (unpaired) electrons. The highest BCUT2D eigenvalue weighted by atomic mass is 16.3. The molecule has 1 aliphatic rings. The molecule has 1 aliphatic heterocycles.